The van der Waals surface area contributed by atoms with E-state index in [4.69, 9.17) is 14.2 Å². The van der Waals surface area contributed by atoms with Crippen molar-refractivity contribution in [2.75, 3.05) is 51.4 Å². The average molecular weight is 384 g/mol. The number of anilines is 1. The zero-order valence-corrected chi connectivity index (χ0v) is 16.8. The molecule has 6 heteroatoms. The summed E-state index contributed by atoms with van der Waals surface area (Å²) in [4.78, 5) is 17.1. The number of amides is 1. The summed E-state index contributed by atoms with van der Waals surface area (Å²) in [5.74, 6) is 2.16. The van der Waals surface area contributed by atoms with Crippen LogP contribution in [0, 0.1) is 0 Å². The Morgan fingerprint density at radius 3 is 2.14 bits per heavy atom. The van der Waals surface area contributed by atoms with Gasteiger partial charge in [0.05, 0.1) is 20.3 Å². The Hall–Kier alpha value is -2.89. The molecule has 0 spiro atoms. The summed E-state index contributed by atoms with van der Waals surface area (Å²) in [5, 5.41) is 0. The third kappa shape index (κ3) is 4.50. The van der Waals surface area contributed by atoms with Gasteiger partial charge in [-0.2, -0.15) is 0 Å². The molecule has 2 aromatic rings. The quantitative estimate of drug-likeness (QED) is 0.732. The Morgan fingerprint density at radius 1 is 0.893 bits per heavy atom. The molecule has 1 heterocycles. The lowest BCUT2D eigenvalue weighted by atomic mass is 10.1. The second kappa shape index (κ2) is 9.35. The molecule has 0 unspecified atom stereocenters. The van der Waals surface area contributed by atoms with Gasteiger partial charge in [0.25, 0.3) is 5.91 Å². The van der Waals surface area contributed by atoms with Crippen molar-refractivity contribution in [3.8, 4) is 17.2 Å². The molecule has 1 aliphatic rings. The number of benzene rings is 2. The Morgan fingerprint density at radius 2 is 1.54 bits per heavy atom. The van der Waals surface area contributed by atoms with E-state index < -0.39 is 0 Å². The van der Waals surface area contributed by atoms with Gasteiger partial charge in [-0.1, -0.05) is 0 Å². The first-order valence-electron chi connectivity index (χ1n) is 9.74. The lowest BCUT2D eigenvalue weighted by molar-refractivity contribution is 0.0746. The molecule has 0 bridgehead atoms. The maximum absolute atomic E-state index is 12.9. The van der Waals surface area contributed by atoms with Gasteiger partial charge >= 0.3 is 0 Å². The average Bonchev–Trinajstić information content (AvgIpc) is 2.75. The van der Waals surface area contributed by atoms with E-state index in [2.05, 4.69) is 17.0 Å². The SMILES string of the molecule is CCOc1ccc(C(=O)N2CCN(c3ccc(OC)cc3)CC2)cc1OCC. The zero-order chi connectivity index (χ0) is 19.9. The highest BCUT2D eigenvalue weighted by atomic mass is 16.5. The second-order valence-corrected chi connectivity index (χ2v) is 6.50. The lowest BCUT2D eigenvalue weighted by Gasteiger charge is -2.36. The first-order valence-corrected chi connectivity index (χ1v) is 9.74. The van der Waals surface area contributed by atoms with E-state index in [-0.39, 0.29) is 5.91 Å². The van der Waals surface area contributed by atoms with Gasteiger partial charge in [-0.3, -0.25) is 4.79 Å². The highest BCUT2D eigenvalue weighted by molar-refractivity contribution is 5.95. The molecule has 0 aliphatic carbocycles. The summed E-state index contributed by atoms with van der Waals surface area (Å²) >= 11 is 0. The van der Waals surface area contributed by atoms with Crippen LogP contribution in [0.1, 0.15) is 24.2 Å². The summed E-state index contributed by atoms with van der Waals surface area (Å²) in [6.07, 6.45) is 0. The van der Waals surface area contributed by atoms with Crippen LogP contribution in [-0.4, -0.2) is 57.3 Å². The van der Waals surface area contributed by atoms with Crippen LogP contribution in [0.5, 0.6) is 17.2 Å². The van der Waals surface area contributed by atoms with Crippen LogP contribution in [-0.2, 0) is 0 Å². The number of carbonyl (C=O) groups excluding carboxylic acids is 1. The molecule has 0 radical (unpaired) electrons. The molecule has 0 aromatic heterocycles. The van der Waals surface area contributed by atoms with E-state index in [1.807, 2.05) is 43.0 Å². The molecule has 0 N–H and O–H groups in total. The van der Waals surface area contributed by atoms with Crippen LogP contribution < -0.4 is 19.1 Å². The number of carbonyl (C=O) groups is 1. The van der Waals surface area contributed by atoms with Gasteiger partial charge in [0.2, 0.25) is 0 Å². The van der Waals surface area contributed by atoms with Crippen molar-refractivity contribution in [2.24, 2.45) is 0 Å². The predicted molar refractivity (Wildman–Crippen MR) is 110 cm³/mol. The third-order valence-corrected chi connectivity index (χ3v) is 4.79. The summed E-state index contributed by atoms with van der Waals surface area (Å²) < 4.78 is 16.4. The smallest absolute Gasteiger partial charge is 0.254 e. The first kappa shape index (κ1) is 19.9. The molecule has 1 amide bonds. The van der Waals surface area contributed by atoms with Gasteiger partial charge in [0, 0.05) is 37.4 Å². The number of piperazine rings is 1. The normalized spacial score (nSPS) is 14.0. The summed E-state index contributed by atoms with van der Waals surface area (Å²) in [7, 11) is 1.66. The van der Waals surface area contributed by atoms with E-state index in [0.29, 0.717) is 43.4 Å². The molecule has 6 nitrogen and oxygen atoms in total. The minimum atomic E-state index is 0.0263. The molecule has 2 aromatic carbocycles. The minimum Gasteiger partial charge on any atom is -0.497 e. The second-order valence-electron chi connectivity index (χ2n) is 6.50. The summed E-state index contributed by atoms with van der Waals surface area (Å²) in [5.41, 5.74) is 1.78. The van der Waals surface area contributed by atoms with Crippen molar-refractivity contribution in [3.63, 3.8) is 0 Å². The Labute approximate surface area is 166 Å². The van der Waals surface area contributed by atoms with Gasteiger partial charge in [0.1, 0.15) is 5.75 Å². The topological polar surface area (TPSA) is 51.2 Å². The largest absolute Gasteiger partial charge is 0.497 e. The molecule has 1 aliphatic heterocycles. The van der Waals surface area contributed by atoms with Crippen LogP contribution >= 0.6 is 0 Å². The molecule has 0 saturated carbocycles. The van der Waals surface area contributed by atoms with Crippen molar-refractivity contribution in [1.29, 1.82) is 0 Å². The fraction of sp³-hybridized carbons (Fsp3) is 0.409. The Balaban J connectivity index is 1.65. The van der Waals surface area contributed by atoms with Crippen LogP contribution in [0.3, 0.4) is 0 Å². The fourth-order valence-corrected chi connectivity index (χ4v) is 3.33. The highest BCUT2D eigenvalue weighted by Crippen LogP contribution is 2.29. The van der Waals surface area contributed by atoms with E-state index >= 15 is 0 Å². The van der Waals surface area contributed by atoms with Gasteiger partial charge in [-0.05, 0) is 56.3 Å². The molecular weight excluding hydrogens is 356 g/mol. The van der Waals surface area contributed by atoms with E-state index in [0.717, 1.165) is 24.5 Å². The van der Waals surface area contributed by atoms with E-state index in [1.165, 1.54) is 0 Å². The predicted octanol–water partition coefficient (Wildman–Crippen LogP) is 3.46. The van der Waals surface area contributed by atoms with Crippen LogP contribution in [0.2, 0.25) is 0 Å². The lowest BCUT2D eigenvalue weighted by Crippen LogP contribution is -2.48. The van der Waals surface area contributed by atoms with Crippen LogP contribution in [0.4, 0.5) is 5.69 Å². The number of methoxy groups -OCH3 is 1. The zero-order valence-electron chi connectivity index (χ0n) is 16.8. The third-order valence-electron chi connectivity index (χ3n) is 4.79. The summed E-state index contributed by atoms with van der Waals surface area (Å²) in [6, 6.07) is 13.4. The molecule has 1 saturated heterocycles. The van der Waals surface area contributed by atoms with Gasteiger partial charge < -0.3 is 24.0 Å². The molecule has 1 fully saturated rings. The number of rotatable bonds is 7. The minimum absolute atomic E-state index is 0.0263. The van der Waals surface area contributed by atoms with Crippen LogP contribution in [0.15, 0.2) is 42.5 Å². The van der Waals surface area contributed by atoms with Gasteiger partial charge in [0.15, 0.2) is 11.5 Å². The molecule has 3 rings (SSSR count). The maximum atomic E-state index is 12.9. The number of hydrogen-bond acceptors (Lipinski definition) is 5. The molecule has 0 atom stereocenters. The van der Waals surface area contributed by atoms with Gasteiger partial charge in [-0.15, -0.1) is 0 Å². The van der Waals surface area contributed by atoms with Gasteiger partial charge in [-0.25, -0.2) is 0 Å². The number of nitrogens with zero attached hydrogens (tertiary/aromatic N) is 2. The van der Waals surface area contributed by atoms with Crippen molar-refractivity contribution in [1.82, 2.24) is 4.90 Å². The highest BCUT2D eigenvalue weighted by Gasteiger charge is 2.23. The van der Waals surface area contributed by atoms with E-state index in [1.54, 1.807) is 13.2 Å². The Kier molecular flexibility index (Phi) is 6.63. The molecule has 28 heavy (non-hydrogen) atoms. The first-order chi connectivity index (χ1) is 13.7. The number of hydrogen-bond donors (Lipinski definition) is 0. The van der Waals surface area contributed by atoms with Crippen molar-refractivity contribution in [3.05, 3.63) is 48.0 Å². The van der Waals surface area contributed by atoms with Crippen molar-refractivity contribution < 1.29 is 19.0 Å². The summed E-state index contributed by atoms with van der Waals surface area (Å²) in [6.45, 7) is 7.89. The maximum Gasteiger partial charge on any atom is 0.254 e. The van der Waals surface area contributed by atoms with Crippen molar-refractivity contribution in [2.45, 2.75) is 13.8 Å². The van der Waals surface area contributed by atoms with Crippen LogP contribution in [0.25, 0.3) is 0 Å². The Bertz CT molecular complexity index is 784. The molecule has 150 valence electrons. The monoisotopic (exact) mass is 384 g/mol. The fourth-order valence-electron chi connectivity index (χ4n) is 3.33. The number of ether oxygens (including phenoxy) is 3. The van der Waals surface area contributed by atoms with Crippen molar-refractivity contribution >= 4 is 11.6 Å². The standard InChI is InChI=1S/C22H28N2O4/c1-4-27-20-11-6-17(16-21(20)28-5-2)22(25)24-14-12-23(13-15-24)18-7-9-19(26-3)10-8-18/h6-11,16H,4-5,12-15H2,1-3H3. The molecular formula is C22H28N2O4. The van der Waals surface area contributed by atoms with E-state index in [9.17, 15) is 4.79 Å².